The summed E-state index contributed by atoms with van der Waals surface area (Å²) in [5.41, 5.74) is 0.0333. The fraction of sp³-hybridized carbons (Fsp3) is 0.462. The number of nitrogens with one attached hydrogen (secondary N) is 1. The van der Waals surface area contributed by atoms with Crippen LogP contribution in [0.2, 0.25) is 0 Å². The Morgan fingerprint density at radius 3 is 2.41 bits per heavy atom. The summed E-state index contributed by atoms with van der Waals surface area (Å²) < 4.78 is 51.0. The van der Waals surface area contributed by atoms with Crippen LogP contribution in [0.25, 0.3) is 0 Å². The van der Waals surface area contributed by atoms with Gasteiger partial charge in [-0.05, 0) is 18.2 Å². The number of nitrogens with zero attached hydrogens (tertiary/aromatic N) is 2. The Balaban J connectivity index is 1.87. The Bertz CT molecular complexity index is 545. The molecule has 1 fully saturated rings. The third kappa shape index (κ3) is 4.84. The number of halogens is 5. The number of rotatable bonds is 2. The van der Waals surface area contributed by atoms with Crippen molar-refractivity contribution >= 4 is 27.6 Å². The minimum Gasteiger partial charge on any atom is -0.322 e. The lowest BCUT2D eigenvalue weighted by atomic mass is 10.3. The molecule has 1 aromatic rings. The van der Waals surface area contributed by atoms with E-state index in [9.17, 15) is 22.4 Å². The summed E-state index contributed by atoms with van der Waals surface area (Å²) in [6.45, 7) is -0.380. The molecule has 2 amide bonds. The van der Waals surface area contributed by atoms with Crippen molar-refractivity contribution in [1.82, 2.24) is 9.80 Å². The van der Waals surface area contributed by atoms with E-state index in [1.54, 1.807) is 6.07 Å². The molecule has 0 bridgehead atoms. The van der Waals surface area contributed by atoms with Crippen LogP contribution < -0.4 is 5.32 Å². The Labute approximate surface area is 133 Å². The number of benzene rings is 1. The van der Waals surface area contributed by atoms with E-state index in [-0.39, 0.29) is 31.9 Å². The van der Waals surface area contributed by atoms with Gasteiger partial charge in [0.2, 0.25) is 0 Å². The van der Waals surface area contributed by atoms with Crippen LogP contribution in [0.1, 0.15) is 0 Å². The van der Waals surface area contributed by atoms with Crippen molar-refractivity contribution in [3.8, 4) is 0 Å². The number of hydrogen-bond donors (Lipinski definition) is 1. The molecular weight excluding hydrogens is 370 g/mol. The van der Waals surface area contributed by atoms with E-state index in [0.717, 1.165) is 0 Å². The topological polar surface area (TPSA) is 35.6 Å². The molecule has 0 spiro atoms. The molecule has 4 nitrogen and oxygen atoms in total. The quantitative estimate of drug-likeness (QED) is 0.795. The van der Waals surface area contributed by atoms with Gasteiger partial charge >= 0.3 is 12.2 Å². The molecule has 1 saturated heterocycles. The van der Waals surface area contributed by atoms with E-state index < -0.39 is 24.6 Å². The number of amides is 2. The van der Waals surface area contributed by atoms with Gasteiger partial charge in [-0.3, -0.25) is 4.90 Å². The maximum Gasteiger partial charge on any atom is 0.401 e. The monoisotopic (exact) mass is 383 g/mol. The number of piperazine rings is 1. The maximum atomic E-state index is 13.6. The Morgan fingerprint density at radius 2 is 1.86 bits per heavy atom. The van der Waals surface area contributed by atoms with Gasteiger partial charge < -0.3 is 10.2 Å². The molecule has 22 heavy (non-hydrogen) atoms. The molecule has 1 aliphatic heterocycles. The van der Waals surface area contributed by atoms with Crippen LogP contribution in [0.5, 0.6) is 0 Å². The van der Waals surface area contributed by atoms with Gasteiger partial charge in [0.15, 0.2) is 0 Å². The summed E-state index contributed by atoms with van der Waals surface area (Å²) in [5.74, 6) is -0.585. The van der Waals surface area contributed by atoms with Crippen molar-refractivity contribution in [2.45, 2.75) is 6.18 Å². The third-order valence-corrected chi connectivity index (χ3v) is 3.73. The van der Waals surface area contributed by atoms with E-state index in [4.69, 9.17) is 0 Å². The lowest BCUT2D eigenvalue weighted by Gasteiger charge is -2.34. The molecule has 0 radical (unpaired) electrons. The molecule has 9 heteroatoms. The van der Waals surface area contributed by atoms with E-state index >= 15 is 0 Å². The number of alkyl halides is 3. The first kappa shape index (κ1) is 17.0. The molecule has 0 aromatic heterocycles. The van der Waals surface area contributed by atoms with Crippen LogP contribution in [0, 0.1) is 5.82 Å². The van der Waals surface area contributed by atoms with Gasteiger partial charge in [-0.25, -0.2) is 9.18 Å². The highest BCUT2D eigenvalue weighted by Gasteiger charge is 2.32. The van der Waals surface area contributed by atoms with Crippen molar-refractivity contribution in [2.75, 3.05) is 38.0 Å². The predicted octanol–water partition coefficient (Wildman–Crippen LogP) is 3.30. The minimum atomic E-state index is -4.25. The summed E-state index contributed by atoms with van der Waals surface area (Å²) in [4.78, 5) is 14.6. The van der Waals surface area contributed by atoms with Gasteiger partial charge in [0.1, 0.15) is 5.82 Å². The Kier molecular flexibility index (Phi) is 5.28. The SMILES string of the molecule is O=C(Nc1ccc(Br)cc1F)N1CCN(CC(F)(F)F)CC1. The lowest BCUT2D eigenvalue weighted by molar-refractivity contribution is -0.148. The zero-order chi connectivity index (χ0) is 16.3. The zero-order valence-electron chi connectivity index (χ0n) is 11.5. The van der Waals surface area contributed by atoms with Crippen molar-refractivity contribution in [2.24, 2.45) is 0 Å². The van der Waals surface area contributed by atoms with E-state index in [2.05, 4.69) is 21.2 Å². The number of carbonyl (C=O) groups excluding carboxylic acids is 1. The molecule has 1 N–H and O–H groups in total. The van der Waals surface area contributed by atoms with Crippen LogP contribution in [0.3, 0.4) is 0 Å². The van der Waals surface area contributed by atoms with Gasteiger partial charge in [-0.15, -0.1) is 0 Å². The summed E-state index contributed by atoms with van der Waals surface area (Å²) >= 11 is 3.11. The summed E-state index contributed by atoms with van der Waals surface area (Å²) in [6.07, 6.45) is -4.25. The number of carbonyl (C=O) groups is 1. The Hall–Kier alpha value is -1.35. The smallest absolute Gasteiger partial charge is 0.322 e. The molecule has 2 rings (SSSR count). The second kappa shape index (κ2) is 6.82. The van der Waals surface area contributed by atoms with Crippen LogP contribution in [0.15, 0.2) is 22.7 Å². The standard InChI is InChI=1S/C13H14BrF4N3O/c14-9-1-2-11(10(15)7-9)19-12(22)21-5-3-20(4-6-21)8-13(16,17)18/h1-2,7H,3-6,8H2,(H,19,22). The van der Waals surface area contributed by atoms with Crippen molar-refractivity contribution in [1.29, 1.82) is 0 Å². The summed E-state index contributed by atoms with van der Waals surface area (Å²) in [7, 11) is 0. The number of urea groups is 1. The van der Waals surface area contributed by atoms with E-state index in [1.807, 2.05) is 0 Å². The molecule has 1 aliphatic rings. The normalized spacial score (nSPS) is 16.7. The summed E-state index contributed by atoms with van der Waals surface area (Å²) in [5, 5.41) is 2.42. The molecule has 0 aliphatic carbocycles. The fourth-order valence-corrected chi connectivity index (χ4v) is 2.48. The molecule has 0 atom stereocenters. The lowest BCUT2D eigenvalue weighted by Crippen LogP contribution is -2.52. The van der Waals surface area contributed by atoms with Crippen LogP contribution in [0.4, 0.5) is 28.0 Å². The molecule has 0 saturated carbocycles. The first-order chi connectivity index (χ1) is 10.2. The van der Waals surface area contributed by atoms with E-state index in [0.29, 0.717) is 4.47 Å². The largest absolute Gasteiger partial charge is 0.401 e. The number of hydrogen-bond acceptors (Lipinski definition) is 2. The maximum absolute atomic E-state index is 13.6. The van der Waals surface area contributed by atoms with Crippen molar-refractivity contribution in [3.05, 3.63) is 28.5 Å². The highest BCUT2D eigenvalue weighted by atomic mass is 79.9. The Morgan fingerprint density at radius 1 is 1.23 bits per heavy atom. The minimum absolute atomic E-state index is 0.0333. The van der Waals surface area contributed by atoms with Crippen LogP contribution in [-0.2, 0) is 0 Å². The molecule has 122 valence electrons. The van der Waals surface area contributed by atoms with Gasteiger partial charge in [0, 0.05) is 30.7 Å². The van der Waals surface area contributed by atoms with Crippen LogP contribution >= 0.6 is 15.9 Å². The first-order valence-corrected chi connectivity index (χ1v) is 7.34. The predicted molar refractivity (Wildman–Crippen MR) is 77.2 cm³/mol. The van der Waals surface area contributed by atoms with Crippen molar-refractivity contribution in [3.63, 3.8) is 0 Å². The second-order valence-corrected chi connectivity index (χ2v) is 5.85. The zero-order valence-corrected chi connectivity index (χ0v) is 13.0. The molecule has 1 heterocycles. The first-order valence-electron chi connectivity index (χ1n) is 6.55. The van der Waals surface area contributed by atoms with Crippen molar-refractivity contribution < 1.29 is 22.4 Å². The van der Waals surface area contributed by atoms with Gasteiger partial charge in [-0.1, -0.05) is 15.9 Å². The third-order valence-electron chi connectivity index (χ3n) is 3.24. The van der Waals surface area contributed by atoms with Crippen LogP contribution in [-0.4, -0.2) is 54.7 Å². The average molecular weight is 384 g/mol. The van der Waals surface area contributed by atoms with Gasteiger partial charge in [0.25, 0.3) is 0 Å². The highest BCUT2D eigenvalue weighted by molar-refractivity contribution is 9.10. The number of anilines is 1. The second-order valence-electron chi connectivity index (χ2n) is 4.93. The molecule has 0 unspecified atom stereocenters. The van der Waals surface area contributed by atoms with E-state index in [1.165, 1.54) is 21.9 Å². The molecular formula is C13H14BrF4N3O. The summed E-state index contributed by atoms with van der Waals surface area (Å²) in [6, 6.07) is 3.70. The van der Waals surface area contributed by atoms with Gasteiger partial charge in [0.05, 0.1) is 12.2 Å². The fourth-order valence-electron chi connectivity index (χ4n) is 2.15. The van der Waals surface area contributed by atoms with Gasteiger partial charge in [-0.2, -0.15) is 13.2 Å². The highest BCUT2D eigenvalue weighted by Crippen LogP contribution is 2.20. The average Bonchev–Trinajstić information content (AvgIpc) is 2.41. The molecule has 1 aromatic carbocycles.